The Bertz CT molecular complexity index is 1620. The molecular formula is C37H40N4O4. The van der Waals surface area contributed by atoms with Crippen molar-refractivity contribution in [2.75, 3.05) is 37.7 Å². The fourth-order valence-corrected chi connectivity index (χ4v) is 6.21. The highest BCUT2D eigenvalue weighted by atomic mass is 16.5. The van der Waals surface area contributed by atoms with Crippen LogP contribution in [-0.2, 0) is 40.3 Å². The summed E-state index contributed by atoms with van der Waals surface area (Å²) in [6, 6.07) is 25.9. The van der Waals surface area contributed by atoms with E-state index in [1.54, 1.807) is 17.1 Å². The van der Waals surface area contributed by atoms with Crippen LogP contribution in [0.15, 0.2) is 89.5 Å². The second kappa shape index (κ2) is 13.9. The maximum absolute atomic E-state index is 14.5. The van der Waals surface area contributed by atoms with E-state index >= 15 is 0 Å². The molecule has 3 heterocycles. The molecule has 1 fully saturated rings. The van der Waals surface area contributed by atoms with Crippen LogP contribution < -0.4 is 4.90 Å². The van der Waals surface area contributed by atoms with Gasteiger partial charge in [0, 0.05) is 56.5 Å². The van der Waals surface area contributed by atoms with Gasteiger partial charge in [-0.05, 0) is 60.7 Å². The highest BCUT2D eigenvalue weighted by Crippen LogP contribution is 2.24. The van der Waals surface area contributed by atoms with E-state index in [1.807, 2.05) is 61.2 Å². The lowest BCUT2D eigenvalue weighted by molar-refractivity contribution is -0.144. The molecule has 3 aromatic carbocycles. The van der Waals surface area contributed by atoms with Crippen molar-refractivity contribution < 1.29 is 18.8 Å². The maximum atomic E-state index is 14.5. The van der Waals surface area contributed by atoms with E-state index in [9.17, 15) is 9.59 Å². The fourth-order valence-electron chi connectivity index (χ4n) is 6.21. The quantitative estimate of drug-likeness (QED) is 0.239. The molecule has 2 aliphatic heterocycles. The van der Waals surface area contributed by atoms with Gasteiger partial charge < -0.3 is 24.0 Å². The smallest absolute Gasteiger partial charge is 0.247 e. The highest BCUT2D eigenvalue weighted by molar-refractivity contribution is 5.96. The van der Waals surface area contributed by atoms with E-state index in [0.29, 0.717) is 50.7 Å². The van der Waals surface area contributed by atoms with Crippen molar-refractivity contribution in [2.24, 2.45) is 0 Å². The van der Waals surface area contributed by atoms with Crippen molar-refractivity contribution in [3.63, 3.8) is 0 Å². The van der Waals surface area contributed by atoms with Crippen molar-refractivity contribution in [3.05, 3.63) is 124 Å². The summed E-state index contributed by atoms with van der Waals surface area (Å²) in [5.74, 6) is 0.363. The van der Waals surface area contributed by atoms with Crippen LogP contribution >= 0.6 is 0 Å². The average molecular weight is 605 g/mol. The zero-order valence-electron chi connectivity index (χ0n) is 26.0. The lowest BCUT2D eigenvalue weighted by Gasteiger charge is -2.37. The van der Waals surface area contributed by atoms with E-state index in [0.717, 1.165) is 47.5 Å². The van der Waals surface area contributed by atoms with Gasteiger partial charge in [-0.25, -0.2) is 0 Å². The number of nitrogens with zero attached hydrogens (tertiary/aromatic N) is 4. The molecule has 0 spiro atoms. The Morgan fingerprint density at radius 1 is 0.889 bits per heavy atom. The van der Waals surface area contributed by atoms with Crippen molar-refractivity contribution in [3.8, 4) is 0 Å². The zero-order chi connectivity index (χ0) is 31.2. The molecule has 8 heteroatoms. The average Bonchev–Trinajstić information content (AvgIpc) is 3.41. The van der Waals surface area contributed by atoms with Gasteiger partial charge in [0.2, 0.25) is 11.8 Å². The number of rotatable bonds is 9. The number of ether oxygens (including phenoxy) is 1. The molecule has 45 heavy (non-hydrogen) atoms. The summed E-state index contributed by atoms with van der Waals surface area (Å²) in [4.78, 5) is 34.7. The van der Waals surface area contributed by atoms with Crippen molar-refractivity contribution >= 4 is 23.6 Å². The lowest BCUT2D eigenvalue weighted by Crippen LogP contribution is -2.52. The molecule has 1 aromatic heterocycles. The van der Waals surface area contributed by atoms with Crippen molar-refractivity contribution in [1.82, 2.24) is 15.0 Å². The summed E-state index contributed by atoms with van der Waals surface area (Å²) in [6.07, 6.45) is 4.50. The molecule has 0 bridgehead atoms. The third kappa shape index (κ3) is 7.18. The Kier molecular flexibility index (Phi) is 9.41. The van der Waals surface area contributed by atoms with Gasteiger partial charge in [-0.3, -0.25) is 9.59 Å². The van der Waals surface area contributed by atoms with Crippen LogP contribution in [0.5, 0.6) is 0 Å². The molecule has 0 N–H and O–H groups in total. The molecule has 0 aliphatic carbocycles. The normalized spacial score (nSPS) is 15.6. The third-order valence-electron chi connectivity index (χ3n) is 8.81. The first-order valence-corrected chi connectivity index (χ1v) is 15.7. The number of hydrogen-bond donors (Lipinski definition) is 0. The van der Waals surface area contributed by atoms with Gasteiger partial charge in [-0.1, -0.05) is 71.9 Å². The number of aryl methyl sites for hydroxylation is 2. The third-order valence-corrected chi connectivity index (χ3v) is 8.81. The van der Waals surface area contributed by atoms with E-state index in [1.165, 1.54) is 5.56 Å². The second-order valence-electron chi connectivity index (χ2n) is 11.8. The van der Waals surface area contributed by atoms with E-state index < -0.39 is 6.04 Å². The van der Waals surface area contributed by atoms with Gasteiger partial charge in [-0.15, -0.1) is 0 Å². The summed E-state index contributed by atoms with van der Waals surface area (Å²) in [5.41, 5.74) is 7.01. The van der Waals surface area contributed by atoms with Crippen LogP contribution in [0.2, 0.25) is 0 Å². The minimum Gasteiger partial charge on any atom is -0.378 e. The molecule has 0 unspecified atom stereocenters. The predicted molar refractivity (Wildman–Crippen MR) is 175 cm³/mol. The van der Waals surface area contributed by atoms with Crippen LogP contribution in [0.4, 0.5) is 5.69 Å². The molecule has 4 aromatic rings. The molecule has 1 atom stereocenters. The molecule has 6 rings (SSSR count). The SMILES string of the molecule is Cc1noc(C)c1/C=C/C(=O)N(Cc1ccc(N2CCOCC2)cc1)[C@@H](Cc1ccccc1)C(=O)N1CCc2ccccc2C1. The zero-order valence-corrected chi connectivity index (χ0v) is 26.0. The van der Waals surface area contributed by atoms with E-state index in [2.05, 4.69) is 46.5 Å². The van der Waals surface area contributed by atoms with E-state index in [4.69, 9.17) is 9.26 Å². The van der Waals surface area contributed by atoms with Gasteiger partial charge in [0.05, 0.1) is 18.9 Å². The Labute approximate surface area is 264 Å². The van der Waals surface area contributed by atoms with Crippen LogP contribution in [0.1, 0.15) is 39.3 Å². The summed E-state index contributed by atoms with van der Waals surface area (Å²) in [5, 5.41) is 4.03. The van der Waals surface area contributed by atoms with Crippen LogP contribution in [0, 0.1) is 13.8 Å². The number of carbonyl (C=O) groups excluding carboxylic acids is 2. The Balaban J connectivity index is 1.33. The highest BCUT2D eigenvalue weighted by Gasteiger charge is 2.34. The summed E-state index contributed by atoms with van der Waals surface area (Å²) in [6.45, 7) is 8.25. The van der Waals surface area contributed by atoms with Crippen molar-refractivity contribution in [1.29, 1.82) is 0 Å². The Morgan fingerprint density at radius 3 is 2.31 bits per heavy atom. The first-order chi connectivity index (χ1) is 22.0. The van der Waals surface area contributed by atoms with E-state index in [-0.39, 0.29) is 11.8 Å². The maximum Gasteiger partial charge on any atom is 0.247 e. The summed E-state index contributed by atoms with van der Waals surface area (Å²) < 4.78 is 10.8. The second-order valence-corrected chi connectivity index (χ2v) is 11.8. The number of carbonyl (C=O) groups is 2. The molecule has 8 nitrogen and oxygen atoms in total. The predicted octanol–water partition coefficient (Wildman–Crippen LogP) is 5.37. The minimum atomic E-state index is -0.696. The molecule has 232 valence electrons. The largest absolute Gasteiger partial charge is 0.378 e. The molecule has 1 saturated heterocycles. The first-order valence-electron chi connectivity index (χ1n) is 15.7. The Morgan fingerprint density at radius 2 is 1.60 bits per heavy atom. The number of anilines is 1. The van der Waals surface area contributed by atoms with Gasteiger partial charge in [0.25, 0.3) is 0 Å². The minimum absolute atomic E-state index is 0.0441. The topological polar surface area (TPSA) is 79.1 Å². The van der Waals surface area contributed by atoms with Gasteiger partial charge in [-0.2, -0.15) is 0 Å². The van der Waals surface area contributed by atoms with Crippen LogP contribution in [-0.4, -0.2) is 65.7 Å². The summed E-state index contributed by atoms with van der Waals surface area (Å²) in [7, 11) is 0. The number of amides is 2. The Hall–Kier alpha value is -4.69. The fraction of sp³-hybridized carbons (Fsp3) is 0.324. The standard InChI is InChI=1S/C37H40N4O4/c1-27-34(28(2)45-38-27)16-17-36(42)41(25-30-12-14-33(15-13-30)39-20-22-44-23-21-39)35(24-29-8-4-3-5-9-29)37(43)40-19-18-31-10-6-7-11-32(31)26-40/h3-17,35H,18-26H2,1-2H3/b17-16+/t35-/m0/s1. The molecular weight excluding hydrogens is 564 g/mol. The van der Waals surface area contributed by atoms with Crippen molar-refractivity contribution in [2.45, 2.75) is 45.8 Å². The number of benzene rings is 3. The molecule has 2 amide bonds. The van der Waals surface area contributed by atoms with Gasteiger partial charge in [0.15, 0.2) is 0 Å². The number of morpholine rings is 1. The monoisotopic (exact) mass is 604 g/mol. The number of fused-ring (bicyclic) bond motifs is 1. The van der Waals surface area contributed by atoms with Gasteiger partial charge >= 0.3 is 0 Å². The van der Waals surface area contributed by atoms with Crippen LogP contribution in [0.25, 0.3) is 6.08 Å². The lowest BCUT2D eigenvalue weighted by atomic mass is 9.97. The summed E-state index contributed by atoms with van der Waals surface area (Å²) >= 11 is 0. The van der Waals surface area contributed by atoms with Gasteiger partial charge in [0.1, 0.15) is 11.8 Å². The first kappa shape index (κ1) is 30.3. The number of hydrogen-bond acceptors (Lipinski definition) is 6. The molecule has 0 radical (unpaired) electrons. The molecule has 2 aliphatic rings. The molecule has 0 saturated carbocycles. The van der Waals surface area contributed by atoms with Crippen LogP contribution in [0.3, 0.4) is 0 Å². The number of aromatic nitrogens is 1.